The zero-order valence-electron chi connectivity index (χ0n) is 15.6. The molecule has 3 amide bonds. The molecule has 4 atom stereocenters. The largest absolute Gasteiger partial charge is 0.480 e. The minimum absolute atomic E-state index is 0.0255. The van der Waals surface area contributed by atoms with Crippen LogP contribution in [0.5, 0.6) is 0 Å². The van der Waals surface area contributed by atoms with E-state index in [0.717, 1.165) is 6.42 Å². The summed E-state index contributed by atoms with van der Waals surface area (Å²) in [5.74, 6) is -3.18. The predicted octanol–water partition coefficient (Wildman–Crippen LogP) is -0.884. The van der Waals surface area contributed by atoms with Crippen LogP contribution in [0.25, 0.3) is 0 Å². The van der Waals surface area contributed by atoms with Gasteiger partial charge in [-0.25, -0.2) is 0 Å². The molecule has 0 radical (unpaired) electrons. The third kappa shape index (κ3) is 8.05. The van der Waals surface area contributed by atoms with E-state index in [1.165, 1.54) is 0 Å². The lowest BCUT2D eigenvalue weighted by molar-refractivity contribution is -0.138. The SMILES string of the molecule is CC[C@H](C)[C@H](N)C(=O)N[C@H](C(=O)N[C@@H](CS)C(=O)NCC(=O)O)C(C)C. The van der Waals surface area contributed by atoms with Gasteiger partial charge in [-0.15, -0.1) is 0 Å². The highest BCUT2D eigenvalue weighted by Crippen LogP contribution is 2.08. The third-order valence-corrected chi connectivity index (χ3v) is 4.40. The van der Waals surface area contributed by atoms with Crippen molar-refractivity contribution in [3.8, 4) is 0 Å². The Hall–Kier alpha value is -1.81. The van der Waals surface area contributed by atoms with Crippen LogP contribution in [0.2, 0.25) is 0 Å². The van der Waals surface area contributed by atoms with Crippen LogP contribution in [0.15, 0.2) is 0 Å². The van der Waals surface area contributed by atoms with Gasteiger partial charge in [0.25, 0.3) is 0 Å². The summed E-state index contributed by atoms with van der Waals surface area (Å²) in [4.78, 5) is 47.2. The topological polar surface area (TPSA) is 151 Å². The van der Waals surface area contributed by atoms with Crippen LogP contribution in [0, 0.1) is 11.8 Å². The van der Waals surface area contributed by atoms with Gasteiger partial charge in [-0.3, -0.25) is 19.2 Å². The lowest BCUT2D eigenvalue weighted by Crippen LogP contribution is -2.58. The fraction of sp³-hybridized carbons (Fsp3) is 0.750. The Kier molecular flexibility index (Phi) is 10.9. The van der Waals surface area contributed by atoms with E-state index in [-0.39, 0.29) is 17.6 Å². The molecular weight excluding hydrogens is 360 g/mol. The van der Waals surface area contributed by atoms with Gasteiger partial charge in [0.15, 0.2) is 0 Å². The van der Waals surface area contributed by atoms with E-state index in [1.54, 1.807) is 13.8 Å². The maximum Gasteiger partial charge on any atom is 0.322 e. The molecule has 0 aromatic heterocycles. The first-order valence-electron chi connectivity index (χ1n) is 8.51. The Labute approximate surface area is 159 Å². The van der Waals surface area contributed by atoms with Gasteiger partial charge in [-0.05, 0) is 11.8 Å². The molecule has 0 saturated carbocycles. The number of carboxylic acid groups (broad SMARTS) is 1. The second-order valence-electron chi connectivity index (χ2n) is 6.50. The van der Waals surface area contributed by atoms with Gasteiger partial charge < -0.3 is 26.8 Å². The summed E-state index contributed by atoms with van der Waals surface area (Å²) in [6.45, 7) is 6.70. The second-order valence-corrected chi connectivity index (χ2v) is 6.86. The molecule has 0 aliphatic heterocycles. The van der Waals surface area contributed by atoms with Crippen molar-refractivity contribution in [3.05, 3.63) is 0 Å². The first-order chi connectivity index (χ1) is 12.0. The molecule has 0 aromatic rings. The van der Waals surface area contributed by atoms with Gasteiger partial charge in [0.2, 0.25) is 17.7 Å². The van der Waals surface area contributed by atoms with Gasteiger partial charge in [0.05, 0.1) is 6.04 Å². The van der Waals surface area contributed by atoms with Crippen LogP contribution in [0.4, 0.5) is 0 Å². The number of nitrogens with one attached hydrogen (secondary N) is 3. The lowest BCUT2D eigenvalue weighted by Gasteiger charge is -2.26. The van der Waals surface area contributed by atoms with Gasteiger partial charge in [0, 0.05) is 5.75 Å². The standard InChI is InChI=1S/C16H30N4O5S/c1-5-9(4)12(17)15(24)20-13(8(2)3)16(25)19-10(7-26)14(23)18-6-11(21)22/h8-10,12-13,26H,5-7,17H2,1-4H3,(H,18,23)(H,19,25)(H,20,24)(H,21,22)/t9-,10-,12-,13-/m0/s1. The van der Waals surface area contributed by atoms with Gasteiger partial charge in [-0.1, -0.05) is 34.1 Å². The number of carboxylic acids is 1. The summed E-state index contributed by atoms with van der Waals surface area (Å²) < 4.78 is 0. The van der Waals surface area contributed by atoms with E-state index in [4.69, 9.17) is 10.8 Å². The van der Waals surface area contributed by atoms with E-state index in [9.17, 15) is 19.2 Å². The molecule has 0 aliphatic carbocycles. The highest BCUT2D eigenvalue weighted by atomic mass is 32.1. The lowest BCUT2D eigenvalue weighted by atomic mass is 9.97. The van der Waals surface area contributed by atoms with Crippen LogP contribution in [0.3, 0.4) is 0 Å². The first kappa shape index (κ1) is 24.2. The summed E-state index contributed by atoms with van der Waals surface area (Å²) in [6, 6.07) is -2.65. The van der Waals surface area contributed by atoms with Crippen LogP contribution in [0.1, 0.15) is 34.1 Å². The molecule has 0 heterocycles. The molecule has 0 fully saturated rings. The number of aliphatic carboxylic acids is 1. The summed E-state index contributed by atoms with van der Waals surface area (Å²) in [5.41, 5.74) is 5.89. The Morgan fingerprint density at radius 2 is 1.62 bits per heavy atom. The predicted molar refractivity (Wildman–Crippen MR) is 101 cm³/mol. The normalized spacial score (nSPS) is 15.5. The molecule has 0 aromatic carbocycles. The Bertz CT molecular complexity index is 515. The average molecular weight is 391 g/mol. The van der Waals surface area contributed by atoms with Crippen LogP contribution in [-0.2, 0) is 19.2 Å². The van der Waals surface area contributed by atoms with Crippen molar-refractivity contribution in [1.82, 2.24) is 16.0 Å². The minimum Gasteiger partial charge on any atom is -0.480 e. The molecule has 9 nitrogen and oxygen atoms in total. The molecular formula is C16H30N4O5S. The molecule has 0 spiro atoms. The number of amides is 3. The molecule has 150 valence electrons. The molecule has 0 rings (SSSR count). The van der Waals surface area contributed by atoms with Crippen molar-refractivity contribution in [3.63, 3.8) is 0 Å². The number of hydrogen-bond donors (Lipinski definition) is 6. The molecule has 0 unspecified atom stereocenters. The number of nitrogens with two attached hydrogens (primary N) is 1. The molecule has 0 bridgehead atoms. The van der Waals surface area contributed by atoms with Crippen molar-refractivity contribution in [2.45, 2.75) is 52.2 Å². The van der Waals surface area contributed by atoms with Crippen LogP contribution in [-0.4, -0.2) is 59.2 Å². The second kappa shape index (κ2) is 11.7. The highest BCUT2D eigenvalue weighted by Gasteiger charge is 2.30. The smallest absolute Gasteiger partial charge is 0.322 e. The van der Waals surface area contributed by atoms with Gasteiger partial charge in [0.1, 0.15) is 18.6 Å². The third-order valence-electron chi connectivity index (χ3n) is 4.04. The summed E-state index contributed by atoms with van der Waals surface area (Å²) in [7, 11) is 0. The van der Waals surface area contributed by atoms with Crippen molar-refractivity contribution in [2.75, 3.05) is 12.3 Å². The number of carbonyl (C=O) groups is 4. The number of thiol groups is 1. The molecule has 26 heavy (non-hydrogen) atoms. The fourth-order valence-electron chi connectivity index (χ4n) is 2.04. The monoisotopic (exact) mass is 390 g/mol. The molecule has 0 aliphatic rings. The van der Waals surface area contributed by atoms with Gasteiger partial charge in [-0.2, -0.15) is 12.6 Å². The van der Waals surface area contributed by atoms with E-state index in [1.807, 2.05) is 13.8 Å². The molecule has 6 N–H and O–H groups in total. The van der Waals surface area contributed by atoms with Gasteiger partial charge >= 0.3 is 5.97 Å². The highest BCUT2D eigenvalue weighted by molar-refractivity contribution is 7.80. The zero-order valence-corrected chi connectivity index (χ0v) is 16.5. The number of hydrogen-bond acceptors (Lipinski definition) is 6. The van der Waals surface area contributed by atoms with E-state index in [2.05, 4.69) is 28.6 Å². The summed E-state index contributed by atoms with van der Waals surface area (Å²) in [5, 5.41) is 15.9. The maximum atomic E-state index is 12.5. The van der Waals surface area contributed by atoms with Crippen molar-refractivity contribution >= 4 is 36.3 Å². The van der Waals surface area contributed by atoms with Crippen molar-refractivity contribution in [2.24, 2.45) is 17.6 Å². The van der Waals surface area contributed by atoms with Crippen LogP contribution < -0.4 is 21.7 Å². The van der Waals surface area contributed by atoms with E-state index in [0.29, 0.717) is 0 Å². The summed E-state index contributed by atoms with van der Waals surface area (Å²) in [6.07, 6.45) is 0.721. The maximum absolute atomic E-state index is 12.5. The number of carbonyl (C=O) groups excluding carboxylic acids is 3. The van der Waals surface area contributed by atoms with Crippen molar-refractivity contribution in [1.29, 1.82) is 0 Å². The Morgan fingerprint density at radius 1 is 1.04 bits per heavy atom. The van der Waals surface area contributed by atoms with Crippen LogP contribution >= 0.6 is 12.6 Å². The minimum atomic E-state index is -1.20. The average Bonchev–Trinajstić information content (AvgIpc) is 2.59. The first-order valence-corrected chi connectivity index (χ1v) is 9.14. The fourth-order valence-corrected chi connectivity index (χ4v) is 2.30. The van der Waals surface area contributed by atoms with E-state index >= 15 is 0 Å². The van der Waals surface area contributed by atoms with E-state index < -0.39 is 48.4 Å². The number of rotatable bonds is 11. The Morgan fingerprint density at radius 3 is 2.04 bits per heavy atom. The van der Waals surface area contributed by atoms with Crippen molar-refractivity contribution < 1.29 is 24.3 Å². The summed E-state index contributed by atoms with van der Waals surface area (Å²) >= 11 is 4.01. The Balaban J connectivity index is 4.97. The quantitative estimate of drug-likeness (QED) is 0.252. The zero-order chi connectivity index (χ0) is 20.4. The molecule has 0 saturated heterocycles. The molecule has 10 heteroatoms.